The average molecular weight is 240 g/mol. The summed E-state index contributed by atoms with van der Waals surface area (Å²) in [4.78, 5) is 2.73. The molecular formula is C14H28N2O. The van der Waals surface area contributed by atoms with Crippen molar-refractivity contribution in [2.75, 3.05) is 19.7 Å². The summed E-state index contributed by atoms with van der Waals surface area (Å²) >= 11 is 0. The number of likely N-dealkylation sites (tertiary alicyclic amines) is 1. The molecule has 0 bridgehead atoms. The van der Waals surface area contributed by atoms with Gasteiger partial charge in [0.15, 0.2) is 0 Å². The van der Waals surface area contributed by atoms with Gasteiger partial charge in [0.05, 0.1) is 0 Å². The number of aliphatic hydroxyl groups is 1. The lowest BCUT2D eigenvalue weighted by Gasteiger charge is -2.34. The van der Waals surface area contributed by atoms with E-state index in [0.29, 0.717) is 6.61 Å². The molecular weight excluding hydrogens is 212 g/mol. The van der Waals surface area contributed by atoms with Gasteiger partial charge in [-0.25, -0.2) is 0 Å². The van der Waals surface area contributed by atoms with Crippen molar-refractivity contribution in [3.05, 3.63) is 0 Å². The van der Waals surface area contributed by atoms with Crippen molar-refractivity contribution >= 4 is 0 Å². The first-order chi connectivity index (χ1) is 8.36. The Bertz CT molecular complexity index is 222. The molecule has 17 heavy (non-hydrogen) atoms. The predicted molar refractivity (Wildman–Crippen MR) is 70.8 cm³/mol. The van der Waals surface area contributed by atoms with Crippen LogP contribution in [0.25, 0.3) is 0 Å². The maximum Gasteiger partial charge on any atom is 0.0431 e. The van der Waals surface area contributed by atoms with E-state index in [1.165, 1.54) is 45.1 Å². The molecule has 1 aliphatic carbocycles. The Morgan fingerprint density at radius 3 is 2.76 bits per heavy atom. The molecule has 2 rings (SSSR count). The molecule has 3 unspecified atom stereocenters. The summed E-state index contributed by atoms with van der Waals surface area (Å²) in [6, 6.07) is 1.56. The topological polar surface area (TPSA) is 49.5 Å². The molecule has 0 radical (unpaired) electrons. The first-order valence-electron chi connectivity index (χ1n) is 7.43. The Labute approximate surface area is 105 Å². The van der Waals surface area contributed by atoms with Crippen LogP contribution >= 0.6 is 0 Å². The summed E-state index contributed by atoms with van der Waals surface area (Å²) in [6.45, 7) is 2.32. The molecule has 3 N–H and O–H groups in total. The molecule has 0 aromatic carbocycles. The van der Waals surface area contributed by atoms with E-state index in [4.69, 9.17) is 10.8 Å². The first-order valence-corrected chi connectivity index (χ1v) is 7.43. The van der Waals surface area contributed by atoms with E-state index in [2.05, 4.69) is 4.90 Å². The van der Waals surface area contributed by atoms with Crippen molar-refractivity contribution in [3.8, 4) is 0 Å². The Hall–Kier alpha value is -0.120. The quantitative estimate of drug-likeness (QED) is 0.743. The van der Waals surface area contributed by atoms with Crippen LogP contribution in [0, 0.1) is 5.92 Å². The summed E-state index contributed by atoms with van der Waals surface area (Å²) in [5.74, 6) is 0.935. The molecule has 3 nitrogen and oxygen atoms in total. The summed E-state index contributed by atoms with van der Waals surface area (Å²) in [5.41, 5.74) is 5.65. The molecule has 0 amide bonds. The third-order valence-corrected chi connectivity index (χ3v) is 4.65. The minimum atomic E-state index is 0.344. The Balaban J connectivity index is 1.93. The summed E-state index contributed by atoms with van der Waals surface area (Å²) in [5, 5.41) is 9.01. The van der Waals surface area contributed by atoms with E-state index in [1.807, 2.05) is 0 Å². The SMILES string of the molecule is NCCCN1C(CCCO)CC2CCCCC21. The number of hydrogen-bond donors (Lipinski definition) is 2. The zero-order valence-electron chi connectivity index (χ0n) is 11.0. The number of nitrogens with two attached hydrogens (primary N) is 1. The third-order valence-electron chi connectivity index (χ3n) is 4.65. The Morgan fingerprint density at radius 1 is 1.18 bits per heavy atom. The summed E-state index contributed by atoms with van der Waals surface area (Å²) < 4.78 is 0. The van der Waals surface area contributed by atoms with Gasteiger partial charge in [0, 0.05) is 18.7 Å². The number of fused-ring (bicyclic) bond motifs is 1. The van der Waals surface area contributed by atoms with Crippen LogP contribution in [-0.2, 0) is 0 Å². The van der Waals surface area contributed by atoms with Crippen molar-refractivity contribution in [3.63, 3.8) is 0 Å². The standard InChI is InChI=1S/C14H28N2O/c15-8-4-9-16-13(6-3-10-17)11-12-5-1-2-7-14(12)16/h12-14,17H,1-11,15H2. The van der Waals surface area contributed by atoms with Crippen LogP contribution in [0.15, 0.2) is 0 Å². The molecule has 2 fully saturated rings. The van der Waals surface area contributed by atoms with Gasteiger partial charge in [-0.1, -0.05) is 12.8 Å². The van der Waals surface area contributed by atoms with Crippen LogP contribution in [0.1, 0.15) is 51.4 Å². The Morgan fingerprint density at radius 2 is 2.00 bits per heavy atom. The molecule has 0 spiro atoms. The maximum absolute atomic E-state index is 9.01. The first kappa shape index (κ1) is 13.3. The fraction of sp³-hybridized carbons (Fsp3) is 1.00. The molecule has 1 saturated carbocycles. The van der Waals surface area contributed by atoms with Gasteiger partial charge in [-0.05, 0) is 57.5 Å². The van der Waals surface area contributed by atoms with Gasteiger partial charge >= 0.3 is 0 Å². The van der Waals surface area contributed by atoms with Crippen LogP contribution in [0.4, 0.5) is 0 Å². The highest BCUT2D eigenvalue weighted by Gasteiger charge is 2.40. The number of nitrogens with zero attached hydrogens (tertiary/aromatic N) is 1. The van der Waals surface area contributed by atoms with Gasteiger partial charge in [0.2, 0.25) is 0 Å². The monoisotopic (exact) mass is 240 g/mol. The van der Waals surface area contributed by atoms with Crippen molar-refractivity contribution in [2.24, 2.45) is 11.7 Å². The second kappa shape index (κ2) is 6.72. The Kier molecular flexibility index (Phi) is 5.26. The molecule has 1 saturated heterocycles. The van der Waals surface area contributed by atoms with E-state index in [-0.39, 0.29) is 0 Å². The van der Waals surface area contributed by atoms with E-state index in [9.17, 15) is 0 Å². The van der Waals surface area contributed by atoms with Gasteiger partial charge in [-0.2, -0.15) is 0 Å². The molecule has 3 heteroatoms. The van der Waals surface area contributed by atoms with E-state index < -0.39 is 0 Å². The molecule has 1 heterocycles. The maximum atomic E-state index is 9.01. The highest BCUT2D eigenvalue weighted by atomic mass is 16.2. The van der Waals surface area contributed by atoms with Crippen molar-refractivity contribution in [1.82, 2.24) is 4.90 Å². The fourth-order valence-electron chi connectivity index (χ4n) is 3.89. The normalized spacial score (nSPS) is 33.9. The molecule has 100 valence electrons. The minimum absolute atomic E-state index is 0.344. The smallest absolute Gasteiger partial charge is 0.0431 e. The lowest BCUT2D eigenvalue weighted by atomic mass is 9.84. The van der Waals surface area contributed by atoms with Gasteiger partial charge in [-0.3, -0.25) is 4.90 Å². The molecule has 0 aromatic heterocycles. The summed E-state index contributed by atoms with van der Waals surface area (Å²) in [6.07, 6.45) is 10.3. The van der Waals surface area contributed by atoms with Crippen molar-refractivity contribution in [2.45, 2.75) is 63.5 Å². The van der Waals surface area contributed by atoms with Crippen molar-refractivity contribution < 1.29 is 5.11 Å². The fourth-order valence-corrected chi connectivity index (χ4v) is 3.89. The number of rotatable bonds is 6. The lowest BCUT2D eigenvalue weighted by Crippen LogP contribution is -2.40. The van der Waals surface area contributed by atoms with Crippen LogP contribution < -0.4 is 5.73 Å². The molecule has 2 aliphatic rings. The summed E-state index contributed by atoms with van der Waals surface area (Å²) in [7, 11) is 0. The average Bonchev–Trinajstić information content (AvgIpc) is 2.71. The number of hydrogen-bond acceptors (Lipinski definition) is 3. The minimum Gasteiger partial charge on any atom is -0.396 e. The zero-order chi connectivity index (χ0) is 12.1. The van der Waals surface area contributed by atoms with Gasteiger partial charge in [-0.15, -0.1) is 0 Å². The van der Waals surface area contributed by atoms with Crippen LogP contribution in [-0.4, -0.2) is 41.8 Å². The second-order valence-corrected chi connectivity index (χ2v) is 5.75. The van der Waals surface area contributed by atoms with E-state index in [0.717, 1.165) is 37.4 Å². The van der Waals surface area contributed by atoms with Gasteiger partial charge in [0.25, 0.3) is 0 Å². The van der Waals surface area contributed by atoms with Crippen LogP contribution in [0.3, 0.4) is 0 Å². The van der Waals surface area contributed by atoms with Gasteiger partial charge < -0.3 is 10.8 Å². The molecule has 3 atom stereocenters. The van der Waals surface area contributed by atoms with Crippen LogP contribution in [0.5, 0.6) is 0 Å². The van der Waals surface area contributed by atoms with Crippen molar-refractivity contribution in [1.29, 1.82) is 0 Å². The largest absolute Gasteiger partial charge is 0.396 e. The van der Waals surface area contributed by atoms with Gasteiger partial charge in [0.1, 0.15) is 0 Å². The molecule has 0 aromatic rings. The molecule has 1 aliphatic heterocycles. The highest BCUT2D eigenvalue weighted by Crippen LogP contribution is 2.40. The third kappa shape index (κ3) is 3.21. The zero-order valence-corrected chi connectivity index (χ0v) is 11.0. The van der Waals surface area contributed by atoms with E-state index >= 15 is 0 Å². The number of aliphatic hydroxyl groups excluding tert-OH is 1. The highest BCUT2D eigenvalue weighted by molar-refractivity contribution is 4.95. The lowest BCUT2D eigenvalue weighted by molar-refractivity contribution is 0.140. The second-order valence-electron chi connectivity index (χ2n) is 5.75. The predicted octanol–water partition coefficient (Wildman–Crippen LogP) is 1.74. The van der Waals surface area contributed by atoms with Crippen LogP contribution in [0.2, 0.25) is 0 Å². The van der Waals surface area contributed by atoms with E-state index in [1.54, 1.807) is 0 Å².